The first-order valence-electron chi connectivity index (χ1n) is 3.72. The van der Waals surface area contributed by atoms with Gasteiger partial charge in [-0.1, -0.05) is 23.7 Å². The highest BCUT2D eigenvalue weighted by Gasteiger charge is 2.00. The minimum absolute atomic E-state index is 0.0277. The molecule has 0 amide bonds. The Morgan fingerprint density at radius 1 is 1.38 bits per heavy atom. The molecule has 0 aliphatic heterocycles. The Labute approximate surface area is 83.5 Å². The Bertz CT molecular complexity index is 368. The molecule has 0 saturated heterocycles. The molecule has 1 aromatic carbocycles. The molecule has 0 radical (unpaired) electrons. The van der Waals surface area contributed by atoms with Crippen molar-refractivity contribution in [3.05, 3.63) is 34.3 Å². The molecule has 1 aromatic rings. The van der Waals surface area contributed by atoms with Crippen molar-refractivity contribution in [2.45, 2.75) is 12.3 Å². The zero-order chi connectivity index (χ0) is 9.84. The van der Waals surface area contributed by atoms with Gasteiger partial charge in [-0.2, -0.15) is 0 Å². The predicted octanol–water partition coefficient (Wildman–Crippen LogP) is 0.910. The third-order valence-electron chi connectivity index (χ3n) is 1.65. The first-order chi connectivity index (χ1) is 6.13. The smallest absolute Gasteiger partial charge is 0.144 e. The first kappa shape index (κ1) is 10.5. The molecule has 0 aromatic heterocycles. The van der Waals surface area contributed by atoms with Gasteiger partial charge in [0.2, 0.25) is 0 Å². The molecule has 0 fully saturated rings. The number of benzene rings is 1. The summed E-state index contributed by atoms with van der Waals surface area (Å²) >= 11 is 5.84. The van der Waals surface area contributed by atoms with E-state index < -0.39 is 10.7 Å². The standard InChI is InChI=1S/C8H10ClNO2S/c9-8-3-6(5-13(11)12)1-2-7(8)4-10/h1-3,13H,4-5,10H2. The summed E-state index contributed by atoms with van der Waals surface area (Å²) in [4.78, 5) is 0. The van der Waals surface area contributed by atoms with Crippen LogP contribution in [0.4, 0.5) is 0 Å². The Morgan fingerprint density at radius 3 is 2.54 bits per heavy atom. The van der Waals surface area contributed by atoms with E-state index in [1.54, 1.807) is 18.2 Å². The van der Waals surface area contributed by atoms with Crippen molar-refractivity contribution in [1.29, 1.82) is 0 Å². The zero-order valence-corrected chi connectivity index (χ0v) is 8.52. The molecule has 0 bridgehead atoms. The van der Waals surface area contributed by atoms with Gasteiger partial charge in [0.1, 0.15) is 10.7 Å². The van der Waals surface area contributed by atoms with E-state index >= 15 is 0 Å². The lowest BCUT2D eigenvalue weighted by Gasteiger charge is -2.02. The van der Waals surface area contributed by atoms with Crippen molar-refractivity contribution in [3.63, 3.8) is 0 Å². The molecule has 0 spiro atoms. The molecule has 0 heterocycles. The number of halogens is 1. The summed E-state index contributed by atoms with van der Waals surface area (Å²) in [6.07, 6.45) is 0. The largest absolute Gasteiger partial charge is 0.326 e. The molecule has 2 N–H and O–H groups in total. The third kappa shape index (κ3) is 2.99. The number of thiol groups is 1. The first-order valence-corrected chi connectivity index (χ1v) is 5.46. The van der Waals surface area contributed by atoms with Crippen LogP contribution in [0.25, 0.3) is 0 Å². The van der Waals surface area contributed by atoms with Crippen LogP contribution < -0.4 is 5.73 Å². The third-order valence-corrected chi connectivity index (χ3v) is 2.62. The Hall–Kier alpha value is -0.580. The van der Waals surface area contributed by atoms with Crippen LogP contribution >= 0.6 is 11.6 Å². The van der Waals surface area contributed by atoms with Gasteiger partial charge in [0.25, 0.3) is 0 Å². The molecule has 13 heavy (non-hydrogen) atoms. The molecule has 5 heteroatoms. The van der Waals surface area contributed by atoms with Gasteiger partial charge in [-0.3, -0.25) is 0 Å². The van der Waals surface area contributed by atoms with Crippen molar-refractivity contribution >= 4 is 22.3 Å². The normalized spacial score (nSPS) is 10.7. The van der Waals surface area contributed by atoms with Crippen molar-refractivity contribution in [2.75, 3.05) is 0 Å². The van der Waals surface area contributed by atoms with E-state index in [4.69, 9.17) is 17.3 Å². The second-order valence-corrected chi connectivity index (χ2v) is 4.01. The monoisotopic (exact) mass is 219 g/mol. The van der Waals surface area contributed by atoms with E-state index in [1.165, 1.54) is 0 Å². The van der Waals surface area contributed by atoms with E-state index in [0.29, 0.717) is 17.1 Å². The van der Waals surface area contributed by atoms with E-state index in [2.05, 4.69) is 0 Å². The zero-order valence-electron chi connectivity index (χ0n) is 6.87. The van der Waals surface area contributed by atoms with Gasteiger partial charge in [0, 0.05) is 11.6 Å². The average molecular weight is 220 g/mol. The minimum Gasteiger partial charge on any atom is -0.326 e. The number of hydrogen-bond donors (Lipinski definition) is 2. The molecule has 0 unspecified atom stereocenters. The fraction of sp³-hybridized carbons (Fsp3) is 0.250. The maximum Gasteiger partial charge on any atom is 0.144 e. The maximum absolute atomic E-state index is 10.4. The molecule has 0 aliphatic rings. The molecule has 0 aliphatic carbocycles. The number of rotatable bonds is 3. The second kappa shape index (κ2) is 4.60. The van der Waals surface area contributed by atoms with Gasteiger partial charge in [-0.15, -0.1) is 0 Å². The van der Waals surface area contributed by atoms with E-state index in [0.717, 1.165) is 5.56 Å². The van der Waals surface area contributed by atoms with Gasteiger partial charge in [0.15, 0.2) is 0 Å². The lowest BCUT2D eigenvalue weighted by molar-refractivity contribution is 0.614. The molecule has 3 nitrogen and oxygen atoms in total. The summed E-state index contributed by atoms with van der Waals surface area (Å²) < 4.78 is 20.8. The van der Waals surface area contributed by atoms with Gasteiger partial charge in [0.05, 0.1) is 5.75 Å². The van der Waals surface area contributed by atoms with Gasteiger partial charge in [-0.25, -0.2) is 8.42 Å². The quantitative estimate of drug-likeness (QED) is 0.743. The highest BCUT2D eigenvalue weighted by Crippen LogP contribution is 2.17. The lowest BCUT2D eigenvalue weighted by atomic mass is 10.1. The summed E-state index contributed by atoms with van der Waals surface area (Å²) in [5.41, 5.74) is 6.92. The van der Waals surface area contributed by atoms with Crippen LogP contribution in [0.3, 0.4) is 0 Å². The highest BCUT2D eigenvalue weighted by molar-refractivity contribution is 7.71. The summed E-state index contributed by atoms with van der Waals surface area (Å²) in [7, 11) is -2.39. The Kier molecular flexibility index (Phi) is 3.71. The number of nitrogens with two attached hydrogens (primary N) is 1. The molecular weight excluding hydrogens is 210 g/mol. The SMILES string of the molecule is NCc1ccc(C[SH](=O)=O)cc1Cl. The Morgan fingerprint density at radius 2 is 2.08 bits per heavy atom. The molecule has 72 valence electrons. The van der Waals surface area contributed by atoms with Crippen LogP contribution in [0, 0.1) is 0 Å². The van der Waals surface area contributed by atoms with Crippen molar-refractivity contribution in [3.8, 4) is 0 Å². The lowest BCUT2D eigenvalue weighted by Crippen LogP contribution is -1.98. The second-order valence-electron chi connectivity index (χ2n) is 2.62. The predicted molar refractivity (Wildman–Crippen MR) is 53.4 cm³/mol. The summed E-state index contributed by atoms with van der Waals surface area (Å²) in [5.74, 6) is 0.0277. The van der Waals surface area contributed by atoms with Crippen molar-refractivity contribution in [2.24, 2.45) is 5.73 Å². The molecular formula is C8H10ClNO2S. The average Bonchev–Trinajstić information content (AvgIpc) is 2.03. The van der Waals surface area contributed by atoms with Crippen LogP contribution in [-0.2, 0) is 23.0 Å². The summed E-state index contributed by atoms with van der Waals surface area (Å²) in [6.45, 7) is 0.364. The van der Waals surface area contributed by atoms with Crippen LogP contribution in [0.1, 0.15) is 11.1 Å². The van der Waals surface area contributed by atoms with Crippen LogP contribution in [0.5, 0.6) is 0 Å². The number of hydrogen-bond acceptors (Lipinski definition) is 3. The molecule has 0 saturated carbocycles. The van der Waals surface area contributed by atoms with Gasteiger partial charge >= 0.3 is 0 Å². The summed E-state index contributed by atoms with van der Waals surface area (Å²) in [6, 6.07) is 5.10. The molecule has 1 rings (SSSR count). The van der Waals surface area contributed by atoms with Crippen molar-refractivity contribution in [1.82, 2.24) is 0 Å². The van der Waals surface area contributed by atoms with Crippen LogP contribution in [0.2, 0.25) is 5.02 Å². The Balaban J connectivity index is 2.95. The fourth-order valence-electron chi connectivity index (χ4n) is 1.00. The van der Waals surface area contributed by atoms with Crippen LogP contribution in [-0.4, -0.2) is 8.42 Å². The van der Waals surface area contributed by atoms with E-state index in [-0.39, 0.29) is 5.75 Å². The van der Waals surface area contributed by atoms with Gasteiger partial charge < -0.3 is 5.73 Å². The van der Waals surface area contributed by atoms with E-state index in [1.807, 2.05) is 0 Å². The van der Waals surface area contributed by atoms with Crippen LogP contribution in [0.15, 0.2) is 18.2 Å². The summed E-state index contributed by atoms with van der Waals surface area (Å²) in [5, 5.41) is 0.525. The molecule has 0 atom stereocenters. The van der Waals surface area contributed by atoms with Crippen molar-refractivity contribution < 1.29 is 8.42 Å². The fourth-order valence-corrected chi connectivity index (χ4v) is 1.78. The van der Waals surface area contributed by atoms with E-state index in [9.17, 15) is 8.42 Å². The topological polar surface area (TPSA) is 60.2 Å². The van der Waals surface area contributed by atoms with Gasteiger partial charge in [-0.05, 0) is 17.2 Å². The highest BCUT2D eigenvalue weighted by atomic mass is 35.5. The maximum atomic E-state index is 10.4. The minimum atomic E-state index is -2.39.